The van der Waals surface area contributed by atoms with Crippen molar-refractivity contribution in [3.05, 3.63) is 45.9 Å². The van der Waals surface area contributed by atoms with Gasteiger partial charge in [0, 0.05) is 28.8 Å². The number of nitrogens with zero attached hydrogens (tertiary/aromatic N) is 2. The molecule has 0 bridgehead atoms. The summed E-state index contributed by atoms with van der Waals surface area (Å²) in [6.07, 6.45) is 0.970. The van der Waals surface area contributed by atoms with Gasteiger partial charge in [0.1, 0.15) is 5.01 Å². The summed E-state index contributed by atoms with van der Waals surface area (Å²) in [4.78, 5) is 19.8. The molecule has 1 aliphatic heterocycles. The van der Waals surface area contributed by atoms with Crippen molar-refractivity contribution in [2.24, 2.45) is 0 Å². The van der Waals surface area contributed by atoms with Crippen LogP contribution in [0.15, 0.2) is 34.5 Å². The van der Waals surface area contributed by atoms with E-state index in [4.69, 9.17) is 0 Å². The van der Waals surface area contributed by atoms with Crippen LogP contribution in [0.1, 0.15) is 28.7 Å². The zero-order valence-corrected chi connectivity index (χ0v) is 14.3. The van der Waals surface area contributed by atoms with Crippen molar-refractivity contribution in [1.29, 1.82) is 0 Å². The van der Waals surface area contributed by atoms with Crippen LogP contribution in [0.4, 0.5) is 4.79 Å². The van der Waals surface area contributed by atoms with E-state index < -0.39 is 0 Å². The maximum Gasteiger partial charge on any atom is 0.318 e. The maximum atomic E-state index is 12.4. The van der Waals surface area contributed by atoms with E-state index in [1.54, 1.807) is 16.2 Å². The number of urea groups is 1. The Bertz CT molecular complexity index is 671. The molecular formula is C16H19N3OS2. The Morgan fingerprint density at radius 3 is 3.05 bits per heavy atom. The molecule has 1 aromatic carbocycles. The highest BCUT2D eigenvalue weighted by atomic mass is 32.2. The van der Waals surface area contributed by atoms with Crippen LogP contribution >= 0.6 is 23.1 Å². The molecule has 6 heteroatoms. The van der Waals surface area contributed by atoms with Gasteiger partial charge < -0.3 is 10.2 Å². The van der Waals surface area contributed by atoms with Gasteiger partial charge >= 0.3 is 6.03 Å². The maximum absolute atomic E-state index is 12.4. The first-order valence-electron chi connectivity index (χ1n) is 7.28. The first-order chi connectivity index (χ1) is 10.6. The third-order valence-electron chi connectivity index (χ3n) is 3.64. The number of carbonyl (C=O) groups excluding carboxylic acids is 1. The first-order valence-corrected chi connectivity index (χ1v) is 9.14. The molecule has 1 atom stereocenters. The van der Waals surface area contributed by atoms with E-state index in [1.807, 2.05) is 43.2 Å². The summed E-state index contributed by atoms with van der Waals surface area (Å²) in [5.41, 5.74) is 2.23. The van der Waals surface area contributed by atoms with E-state index in [-0.39, 0.29) is 12.1 Å². The molecule has 4 nitrogen and oxygen atoms in total. The second-order valence-corrected chi connectivity index (χ2v) is 7.50. The number of aromatic nitrogens is 1. The average Bonchev–Trinajstić information content (AvgIpc) is 2.92. The van der Waals surface area contributed by atoms with E-state index in [0.717, 1.165) is 22.9 Å². The van der Waals surface area contributed by atoms with Gasteiger partial charge in [0.25, 0.3) is 0 Å². The number of fused-ring (bicyclic) bond motifs is 1. The number of carbonyl (C=O) groups is 1. The number of benzene rings is 1. The van der Waals surface area contributed by atoms with Gasteiger partial charge in [-0.05, 0) is 25.0 Å². The summed E-state index contributed by atoms with van der Waals surface area (Å²) in [6.45, 7) is 2.52. The SMILES string of the molecule is Cc1csc(CN(C)C(=O)N[C@@H]2CCSc3ccccc32)n1. The lowest BCUT2D eigenvalue weighted by Crippen LogP contribution is -2.39. The van der Waals surface area contributed by atoms with Crippen LogP contribution in [-0.2, 0) is 6.54 Å². The van der Waals surface area contributed by atoms with Crippen LogP contribution in [0.2, 0.25) is 0 Å². The molecule has 0 radical (unpaired) electrons. The van der Waals surface area contributed by atoms with Crippen LogP contribution in [0.3, 0.4) is 0 Å². The Labute approximate surface area is 138 Å². The summed E-state index contributed by atoms with van der Waals surface area (Å²) in [5, 5.41) is 6.13. The Hall–Kier alpha value is -1.53. The Kier molecular flexibility index (Phi) is 4.69. The lowest BCUT2D eigenvalue weighted by Gasteiger charge is -2.28. The number of rotatable bonds is 3. The van der Waals surface area contributed by atoms with Crippen molar-refractivity contribution in [3.63, 3.8) is 0 Å². The molecule has 3 rings (SSSR count). The lowest BCUT2D eigenvalue weighted by molar-refractivity contribution is 0.202. The number of thioether (sulfide) groups is 1. The summed E-state index contributed by atoms with van der Waals surface area (Å²) in [6, 6.07) is 8.38. The minimum atomic E-state index is -0.0421. The molecule has 1 aromatic heterocycles. The lowest BCUT2D eigenvalue weighted by atomic mass is 10.0. The van der Waals surface area contributed by atoms with Crippen molar-refractivity contribution < 1.29 is 4.79 Å². The van der Waals surface area contributed by atoms with Crippen molar-refractivity contribution in [2.75, 3.05) is 12.8 Å². The molecule has 0 fully saturated rings. The number of amides is 2. The highest BCUT2D eigenvalue weighted by molar-refractivity contribution is 7.99. The topological polar surface area (TPSA) is 45.2 Å². The van der Waals surface area contributed by atoms with Gasteiger partial charge in [0.15, 0.2) is 0 Å². The van der Waals surface area contributed by atoms with Gasteiger partial charge in [-0.25, -0.2) is 9.78 Å². The van der Waals surface area contributed by atoms with Gasteiger partial charge in [0.05, 0.1) is 12.6 Å². The third kappa shape index (κ3) is 3.44. The molecule has 22 heavy (non-hydrogen) atoms. The van der Waals surface area contributed by atoms with E-state index in [9.17, 15) is 4.79 Å². The molecule has 0 saturated heterocycles. The predicted molar refractivity (Wildman–Crippen MR) is 91.4 cm³/mol. The minimum absolute atomic E-state index is 0.0421. The molecule has 2 aromatic rings. The Morgan fingerprint density at radius 1 is 1.45 bits per heavy atom. The normalized spacial score (nSPS) is 16.9. The van der Waals surface area contributed by atoms with Crippen LogP contribution in [0.25, 0.3) is 0 Å². The number of hydrogen-bond acceptors (Lipinski definition) is 4. The van der Waals surface area contributed by atoms with E-state index in [2.05, 4.69) is 22.4 Å². The third-order valence-corrected chi connectivity index (χ3v) is 5.72. The highest BCUT2D eigenvalue weighted by Crippen LogP contribution is 2.35. The standard InChI is InChI=1S/C16H19N3OS2/c1-11-10-22-15(17-11)9-19(2)16(20)18-13-7-8-21-14-6-4-3-5-12(13)14/h3-6,10,13H,7-9H2,1-2H3,(H,18,20)/t13-/m1/s1. The zero-order valence-electron chi connectivity index (χ0n) is 12.7. The fourth-order valence-electron chi connectivity index (χ4n) is 2.50. The monoisotopic (exact) mass is 333 g/mol. The fraction of sp³-hybridized carbons (Fsp3) is 0.375. The molecule has 1 aliphatic rings. The summed E-state index contributed by atoms with van der Waals surface area (Å²) >= 11 is 3.45. The summed E-state index contributed by atoms with van der Waals surface area (Å²) in [5.74, 6) is 1.04. The molecule has 1 N–H and O–H groups in total. The number of hydrogen-bond donors (Lipinski definition) is 1. The van der Waals surface area contributed by atoms with Gasteiger partial charge in [-0.15, -0.1) is 23.1 Å². The molecule has 0 aliphatic carbocycles. The van der Waals surface area contributed by atoms with Crippen LogP contribution in [0, 0.1) is 6.92 Å². The van der Waals surface area contributed by atoms with Crippen molar-refractivity contribution in [1.82, 2.24) is 15.2 Å². The molecule has 2 amide bonds. The van der Waals surface area contributed by atoms with E-state index >= 15 is 0 Å². The Balaban J connectivity index is 1.64. The van der Waals surface area contributed by atoms with Crippen LogP contribution < -0.4 is 5.32 Å². The molecule has 116 valence electrons. The second-order valence-electron chi connectivity index (χ2n) is 5.42. The van der Waals surface area contributed by atoms with Gasteiger partial charge in [0.2, 0.25) is 0 Å². The molecular weight excluding hydrogens is 314 g/mol. The number of nitrogens with one attached hydrogen (secondary N) is 1. The van der Waals surface area contributed by atoms with Crippen molar-refractivity contribution >= 4 is 29.1 Å². The van der Waals surface area contributed by atoms with Crippen molar-refractivity contribution in [3.8, 4) is 0 Å². The minimum Gasteiger partial charge on any atom is -0.331 e. The average molecular weight is 333 g/mol. The molecule has 0 saturated carbocycles. The number of aryl methyl sites for hydroxylation is 1. The highest BCUT2D eigenvalue weighted by Gasteiger charge is 2.23. The van der Waals surface area contributed by atoms with Crippen molar-refractivity contribution in [2.45, 2.75) is 30.8 Å². The van der Waals surface area contributed by atoms with Crippen LogP contribution in [0.5, 0.6) is 0 Å². The van der Waals surface area contributed by atoms with E-state index in [1.165, 1.54) is 10.5 Å². The molecule has 0 spiro atoms. The zero-order chi connectivity index (χ0) is 15.5. The number of thiazole rings is 1. The van der Waals surface area contributed by atoms with Crippen LogP contribution in [-0.4, -0.2) is 28.7 Å². The first kappa shape index (κ1) is 15.4. The van der Waals surface area contributed by atoms with Gasteiger partial charge in [-0.2, -0.15) is 0 Å². The van der Waals surface area contributed by atoms with Gasteiger partial charge in [-0.3, -0.25) is 0 Å². The smallest absolute Gasteiger partial charge is 0.318 e. The Morgan fingerprint density at radius 2 is 2.27 bits per heavy atom. The summed E-state index contributed by atoms with van der Waals surface area (Å²) in [7, 11) is 1.82. The van der Waals surface area contributed by atoms with Gasteiger partial charge in [-0.1, -0.05) is 18.2 Å². The predicted octanol–water partition coefficient (Wildman–Crippen LogP) is 3.83. The molecule has 0 unspecified atom stereocenters. The molecule has 2 heterocycles. The quantitative estimate of drug-likeness (QED) is 0.928. The largest absolute Gasteiger partial charge is 0.331 e. The summed E-state index contributed by atoms with van der Waals surface area (Å²) < 4.78 is 0. The van der Waals surface area contributed by atoms with E-state index in [0.29, 0.717) is 6.54 Å². The second kappa shape index (κ2) is 6.71. The fourth-order valence-corrected chi connectivity index (χ4v) is 4.45.